The van der Waals surface area contributed by atoms with Crippen molar-refractivity contribution in [3.8, 4) is 22.5 Å². The Labute approximate surface area is 302 Å². The Morgan fingerprint density at radius 2 is 0.942 bits per heavy atom. The zero-order valence-corrected chi connectivity index (χ0v) is 28.7. The van der Waals surface area contributed by atoms with Crippen molar-refractivity contribution < 1.29 is 0 Å². The van der Waals surface area contributed by atoms with Crippen LogP contribution in [0.4, 0.5) is 17.1 Å². The first-order valence-corrected chi connectivity index (χ1v) is 17.7. The molecule has 10 rings (SSSR count). The molecule has 0 saturated carbocycles. The number of fused-ring (bicyclic) bond motifs is 6. The number of nitrogens with zero attached hydrogens (tertiary/aromatic N) is 4. The summed E-state index contributed by atoms with van der Waals surface area (Å²) in [5, 5.41) is 4.95. The number of aromatic nitrogens is 3. The van der Waals surface area contributed by atoms with E-state index in [4.69, 9.17) is 0 Å². The summed E-state index contributed by atoms with van der Waals surface area (Å²) in [4.78, 5) is 6.73. The number of anilines is 3. The van der Waals surface area contributed by atoms with Crippen LogP contribution >= 0.6 is 0 Å². The molecule has 0 fully saturated rings. The summed E-state index contributed by atoms with van der Waals surface area (Å²) < 4.78 is 4.76. The molecule has 0 aliphatic heterocycles. The van der Waals surface area contributed by atoms with E-state index >= 15 is 0 Å². The van der Waals surface area contributed by atoms with Gasteiger partial charge in [0, 0.05) is 56.7 Å². The molecule has 0 N–H and O–H groups in total. The van der Waals surface area contributed by atoms with Crippen molar-refractivity contribution in [1.29, 1.82) is 0 Å². The zero-order valence-electron chi connectivity index (χ0n) is 28.7. The average Bonchev–Trinajstić information content (AvgIpc) is 3.73. The third-order valence-electron chi connectivity index (χ3n) is 10.3. The minimum atomic E-state index is 1.10. The highest BCUT2D eigenvalue weighted by Gasteiger charge is 2.21. The number of benzene rings is 7. The molecule has 52 heavy (non-hydrogen) atoms. The van der Waals surface area contributed by atoms with E-state index in [9.17, 15) is 0 Å². The Morgan fingerprint density at radius 3 is 1.56 bits per heavy atom. The van der Waals surface area contributed by atoms with Crippen molar-refractivity contribution in [3.05, 3.63) is 194 Å². The summed E-state index contributed by atoms with van der Waals surface area (Å²) >= 11 is 0. The molecule has 4 nitrogen and oxygen atoms in total. The van der Waals surface area contributed by atoms with Gasteiger partial charge >= 0.3 is 0 Å². The predicted octanol–water partition coefficient (Wildman–Crippen LogP) is 12.7. The summed E-state index contributed by atoms with van der Waals surface area (Å²) in [7, 11) is 0. The first-order valence-electron chi connectivity index (χ1n) is 17.7. The van der Waals surface area contributed by atoms with Crippen LogP contribution in [0, 0.1) is 6.92 Å². The lowest BCUT2D eigenvalue weighted by molar-refractivity contribution is 1.17. The number of hydrogen-bond acceptors (Lipinski definition) is 2. The van der Waals surface area contributed by atoms with Gasteiger partial charge < -0.3 is 14.0 Å². The Bertz CT molecular complexity index is 2830. The molecule has 246 valence electrons. The van der Waals surface area contributed by atoms with Gasteiger partial charge in [-0.25, -0.2) is 0 Å². The van der Waals surface area contributed by atoms with Gasteiger partial charge in [0.05, 0.1) is 27.8 Å². The van der Waals surface area contributed by atoms with Gasteiger partial charge in [-0.3, -0.25) is 4.98 Å². The van der Waals surface area contributed by atoms with E-state index in [1.54, 1.807) is 0 Å². The Morgan fingerprint density at radius 1 is 0.423 bits per heavy atom. The van der Waals surface area contributed by atoms with E-state index in [2.05, 4.69) is 196 Å². The monoisotopic (exact) mass is 666 g/mol. The van der Waals surface area contributed by atoms with Crippen LogP contribution in [0.25, 0.3) is 66.1 Å². The smallest absolute Gasteiger partial charge is 0.0562 e. The minimum Gasteiger partial charge on any atom is -0.310 e. The fraction of sp³-hybridized carbons (Fsp3) is 0.0208. The largest absolute Gasteiger partial charge is 0.310 e. The van der Waals surface area contributed by atoms with Gasteiger partial charge in [-0.1, -0.05) is 96.6 Å². The van der Waals surface area contributed by atoms with Gasteiger partial charge in [-0.05, 0) is 103 Å². The summed E-state index contributed by atoms with van der Waals surface area (Å²) in [5.41, 5.74) is 13.8. The van der Waals surface area contributed by atoms with Crippen molar-refractivity contribution in [2.75, 3.05) is 4.90 Å². The second-order valence-electron chi connectivity index (χ2n) is 13.4. The maximum atomic E-state index is 4.33. The standard InChI is InChI=1S/C48H34N4/c1-33-19-23-36(24-20-33)50(37-27-29-39(30-28-37)51-43-14-5-2-11-40(43)41-12-3-6-15-44(41)51)46-17-8-18-47-48(46)42-13-4-7-16-45(42)52(47)38-25-21-34(22-26-38)35-10-9-31-49-32-35/h2-32H,1H3. The highest BCUT2D eigenvalue weighted by atomic mass is 15.1. The second kappa shape index (κ2) is 12.1. The molecule has 0 radical (unpaired) electrons. The van der Waals surface area contributed by atoms with Gasteiger partial charge in [0.1, 0.15) is 0 Å². The van der Waals surface area contributed by atoms with E-state index in [1.165, 1.54) is 43.7 Å². The van der Waals surface area contributed by atoms with Gasteiger partial charge in [-0.2, -0.15) is 0 Å². The Kier molecular flexibility index (Phi) is 7.00. The quantitative estimate of drug-likeness (QED) is 0.177. The molecule has 0 spiro atoms. The van der Waals surface area contributed by atoms with Crippen LogP contribution in [-0.4, -0.2) is 14.1 Å². The lowest BCUT2D eigenvalue weighted by Gasteiger charge is -2.27. The molecule has 0 bridgehead atoms. The third kappa shape index (κ3) is 4.80. The summed E-state index contributed by atoms with van der Waals surface area (Å²) in [6.07, 6.45) is 3.73. The predicted molar refractivity (Wildman–Crippen MR) is 218 cm³/mol. The Balaban J connectivity index is 1.15. The van der Waals surface area contributed by atoms with Crippen molar-refractivity contribution in [1.82, 2.24) is 14.1 Å². The topological polar surface area (TPSA) is 26.0 Å². The molecule has 0 aliphatic rings. The van der Waals surface area contributed by atoms with E-state index in [1.807, 2.05) is 18.5 Å². The Hall–Kier alpha value is -6.91. The average molecular weight is 667 g/mol. The van der Waals surface area contributed by atoms with E-state index in [-0.39, 0.29) is 0 Å². The molecule has 0 atom stereocenters. The number of rotatable bonds is 6. The number of pyridine rings is 1. The maximum absolute atomic E-state index is 4.33. The van der Waals surface area contributed by atoms with Crippen LogP contribution in [-0.2, 0) is 0 Å². The number of aryl methyl sites for hydroxylation is 1. The van der Waals surface area contributed by atoms with Crippen LogP contribution in [0.15, 0.2) is 188 Å². The van der Waals surface area contributed by atoms with E-state index < -0.39 is 0 Å². The van der Waals surface area contributed by atoms with E-state index in [0.717, 1.165) is 45.1 Å². The normalized spacial score (nSPS) is 11.6. The summed E-state index contributed by atoms with van der Waals surface area (Å²) in [6, 6.07) is 63.5. The maximum Gasteiger partial charge on any atom is 0.0562 e. The van der Waals surface area contributed by atoms with Crippen LogP contribution < -0.4 is 4.90 Å². The first kappa shape index (κ1) is 30.0. The minimum absolute atomic E-state index is 1.10. The summed E-state index contributed by atoms with van der Waals surface area (Å²) in [5.74, 6) is 0. The number of hydrogen-bond donors (Lipinski definition) is 0. The van der Waals surface area contributed by atoms with Crippen molar-refractivity contribution in [2.24, 2.45) is 0 Å². The second-order valence-corrected chi connectivity index (χ2v) is 13.4. The van der Waals surface area contributed by atoms with E-state index in [0.29, 0.717) is 0 Å². The van der Waals surface area contributed by atoms with Gasteiger partial charge in [0.15, 0.2) is 0 Å². The molecule has 7 aromatic carbocycles. The lowest BCUT2D eigenvalue weighted by atomic mass is 10.1. The molecule has 10 aromatic rings. The molecule has 3 aromatic heterocycles. The molecule has 0 saturated heterocycles. The zero-order chi connectivity index (χ0) is 34.6. The summed E-state index contributed by atoms with van der Waals surface area (Å²) in [6.45, 7) is 2.14. The molecular weight excluding hydrogens is 633 g/mol. The van der Waals surface area contributed by atoms with Gasteiger partial charge in [0.25, 0.3) is 0 Å². The molecule has 0 unspecified atom stereocenters. The highest BCUT2D eigenvalue weighted by molar-refractivity contribution is 6.16. The molecule has 0 amide bonds. The fourth-order valence-corrected chi connectivity index (χ4v) is 7.87. The third-order valence-corrected chi connectivity index (χ3v) is 10.3. The van der Waals surface area contributed by atoms with Crippen LogP contribution in [0.2, 0.25) is 0 Å². The highest BCUT2D eigenvalue weighted by Crippen LogP contribution is 2.44. The van der Waals surface area contributed by atoms with Crippen molar-refractivity contribution in [2.45, 2.75) is 6.92 Å². The molecular formula is C48H34N4. The van der Waals surface area contributed by atoms with Crippen LogP contribution in [0.1, 0.15) is 5.56 Å². The van der Waals surface area contributed by atoms with Crippen LogP contribution in [0.3, 0.4) is 0 Å². The molecule has 4 heteroatoms. The molecule has 3 heterocycles. The molecule has 0 aliphatic carbocycles. The van der Waals surface area contributed by atoms with Crippen molar-refractivity contribution in [3.63, 3.8) is 0 Å². The lowest BCUT2D eigenvalue weighted by Crippen LogP contribution is -2.10. The first-order chi connectivity index (χ1) is 25.7. The SMILES string of the molecule is Cc1ccc(N(c2ccc(-n3c4ccccc4c4ccccc43)cc2)c2cccc3c2c2ccccc2n3-c2ccc(-c3cccnc3)cc2)cc1. The fourth-order valence-electron chi connectivity index (χ4n) is 7.87. The van der Waals surface area contributed by atoms with Crippen LogP contribution in [0.5, 0.6) is 0 Å². The van der Waals surface area contributed by atoms with Crippen molar-refractivity contribution >= 4 is 60.7 Å². The number of para-hydroxylation sites is 3. The van der Waals surface area contributed by atoms with Gasteiger partial charge in [0.2, 0.25) is 0 Å². The van der Waals surface area contributed by atoms with Gasteiger partial charge in [-0.15, -0.1) is 0 Å².